The summed E-state index contributed by atoms with van der Waals surface area (Å²) in [6, 6.07) is 14.8. The highest BCUT2D eigenvalue weighted by Gasteiger charge is 2.21. The lowest BCUT2D eigenvalue weighted by atomic mass is 10.0. The number of nitrogens with two attached hydrogens (primary N) is 2. The minimum atomic E-state index is -0.894. The van der Waals surface area contributed by atoms with Crippen LogP contribution >= 0.6 is 11.5 Å². The van der Waals surface area contributed by atoms with Crippen LogP contribution in [0.3, 0.4) is 0 Å². The van der Waals surface area contributed by atoms with Gasteiger partial charge in [-0.05, 0) is 65.5 Å². The van der Waals surface area contributed by atoms with Gasteiger partial charge < -0.3 is 22.1 Å². The Labute approximate surface area is 205 Å². The van der Waals surface area contributed by atoms with Gasteiger partial charge in [0.05, 0.1) is 22.6 Å². The molecule has 6 N–H and O–H groups in total. The zero-order valence-electron chi connectivity index (χ0n) is 18.8. The van der Waals surface area contributed by atoms with E-state index in [1.807, 2.05) is 43.3 Å². The van der Waals surface area contributed by atoms with Crippen LogP contribution in [0, 0.1) is 12.7 Å². The fraction of sp³-hybridized carbons (Fsp3) is 0.120. The second kappa shape index (κ2) is 10.3. The van der Waals surface area contributed by atoms with E-state index in [2.05, 4.69) is 20.0 Å². The van der Waals surface area contributed by atoms with Gasteiger partial charge in [-0.2, -0.15) is 4.37 Å². The molecule has 8 nitrogen and oxygen atoms in total. The van der Waals surface area contributed by atoms with E-state index in [1.165, 1.54) is 17.6 Å². The first-order valence-corrected chi connectivity index (χ1v) is 11.5. The molecule has 0 bridgehead atoms. The number of nitrogens with zero attached hydrogens (tertiary/aromatic N) is 2. The molecule has 35 heavy (non-hydrogen) atoms. The summed E-state index contributed by atoms with van der Waals surface area (Å²) in [4.78, 5) is 28.1. The Morgan fingerprint density at radius 1 is 1.00 bits per heavy atom. The third-order valence-electron chi connectivity index (χ3n) is 5.34. The first kappa shape index (κ1) is 23.8. The number of pyridine rings is 1. The Kier molecular flexibility index (Phi) is 7.02. The van der Waals surface area contributed by atoms with Crippen molar-refractivity contribution in [3.63, 3.8) is 0 Å². The van der Waals surface area contributed by atoms with Crippen LogP contribution in [0.25, 0.3) is 11.1 Å². The van der Waals surface area contributed by atoms with Gasteiger partial charge in [0.15, 0.2) is 0 Å². The Balaban J connectivity index is 1.57. The number of hydrogen-bond donors (Lipinski definition) is 4. The minimum Gasteiger partial charge on any atom is -0.371 e. The molecule has 0 aliphatic rings. The molecule has 0 saturated carbocycles. The molecule has 0 aliphatic carbocycles. The summed E-state index contributed by atoms with van der Waals surface area (Å²) in [6.07, 6.45) is 3.67. The summed E-state index contributed by atoms with van der Waals surface area (Å²) in [6.45, 7) is 1.83. The van der Waals surface area contributed by atoms with E-state index >= 15 is 0 Å². The van der Waals surface area contributed by atoms with Crippen LogP contribution in [0.2, 0.25) is 0 Å². The highest BCUT2D eigenvalue weighted by Crippen LogP contribution is 2.30. The number of amides is 2. The van der Waals surface area contributed by atoms with Crippen molar-refractivity contribution in [2.24, 2.45) is 11.5 Å². The van der Waals surface area contributed by atoms with E-state index in [4.69, 9.17) is 11.5 Å². The van der Waals surface area contributed by atoms with Crippen LogP contribution in [0.4, 0.5) is 20.8 Å². The number of nitrogens with one attached hydrogen (secondary N) is 2. The number of aryl methyl sites for hydroxylation is 1. The van der Waals surface area contributed by atoms with E-state index in [1.54, 1.807) is 18.5 Å². The second-order valence-electron chi connectivity index (χ2n) is 7.94. The molecule has 2 aromatic carbocycles. The van der Waals surface area contributed by atoms with E-state index in [-0.39, 0.29) is 23.4 Å². The summed E-state index contributed by atoms with van der Waals surface area (Å²) in [5.41, 5.74) is 15.0. The molecule has 2 amide bonds. The molecular weight excluding hydrogens is 467 g/mol. The second-order valence-corrected chi connectivity index (χ2v) is 8.74. The highest BCUT2D eigenvalue weighted by atomic mass is 32.1. The van der Waals surface area contributed by atoms with Crippen LogP contribution in [0.1, 0.15) is 21.6 Å². The molecule has 0 spiro atoms. The number of anilines is 3. The molecule has 2 aromatic heterocycles. The largest absolute Gasteiger partial charge is 0.371 e. The van der Waals surface area contributed by atoms with Crippen molar-refractivity contribution in [1.82, 2.24) is 9.36 Å². The van der Waals surface area contributed by atoms with Crippen molar-refractivity contribution < 1.29 is 14.0 Å². The molecule has 0 fully saturated rings. The molecule has 4 aromatic rings. The standard InChI is InChI=1S/C25H23FN6O2S/c1-14-10-23(35-32-14)31-20-13-21(19(26)12-18(20)24(27)33)30-22(25(28)34)11-15-2-4-16(5-3-15)17-6-8-29-9-7-17/h2-10,12-13,22,30-31H,11H2,1H3,(H2,27,33)(H2,28,34). The van der Waals surface area contributed by atoms with E-state index in [0.29, 0.717) is 5.00 Å². The van der Waals surface area contributed by atoms with Crippen molar-refractivity contribution >= 4 is 39.7 Å². The average Bonchev–Trinajstić information content (AvgIpc) is 3.25. The number of hydrogen-bond acceptors (Lipinski definition) is 7. The van der Waals surface area contributed by atoms with Gasteiger partial charge in [0, 0.05) is 18.8 Å². The van der Waals surface area contributed by atoms with Crippen molar-refractivity contribution in [2.45, 2.75) is 19.4 Å². The van der Waals surface area contributed by atoms with Gasteiger partial charge in [0.1, 0.15) is 16.9 Å². The fourth-order valence-corrected chi connectivity index (χ4v) is 4.24. The number of benzene rings is 2. The van der Waals surface area contributed by atoms with Gasteiger partial charge >= 0.3 is 0 Å². The van der Waals surface area contributed by atoms with Crippen molar-refractivity contribution in [3.8, 4) is 11.1 Å². The first-order chi connectivity index (χ1) is 16.8. The lowest BCUT2D eigenvalue weighted by molar-refractivity contribution is -0.118. The third kappa shape index (κ3) is 5.79. The zero-order chi connectivity index (χ0) is 24.9. The smallest absolute Gasteiger partial charge is 0.250 e. The lowest BCUT2D eigenvalue weighted by Gasteiger charge is -2.19. The van der Waals surface area contributed by atoms with E-state index in [0.717, 1.165) is 28.5 Å². The lowest BCUT2D eigenvalue weighted by Crippen LogP contribution is -2.37. The Morgan fingerprint density at radius 2 is 1.69 bits per heavy atom. The molecule has 2 heterocycles. The quantitative estimate of drug-likeness (QED) is 0.280. The van der Waals surface area contributed by atoms with Crippen molar-refractivity contribution in [3.05, 3.63) is 89.6 Å². The Bertz CT molecular complexity index is 1360. The number of primary amides is 2. The predicted molar refractivity (Wildman–Crippen MR) is 135 cm³/mol. The first-order valence-electron chi connectivity index (χ1n) is 10.7. The molecule has 1 unspecified atom stereocenters. The maximum Gasteiger partial charge on any atom is 0.250 e. The van der Waals surface area contributed by atoms with Crippen LogP contribution in [-0.2, 0) is 11.2 Å². The highest BCUT2D eigenvalue weighted by molar-refractivity contribution is 7.10. The summed E-state index contributed by atoms with van der Waals surface area (Å²) < 4.78 is 19.1. The van der Waals surface area contributed by atoms with Gasteiger partial charge in [-0.25, -0.2) is 4.39 Å². The number of carbonyl (C=O) groups excluding carboxylic acids is 2. The van der Waals surface area contributed by atoms with Crippen molar-refractivity contribution in [1.29, 1.82) is 0 Å². The summed E-state index contributed by atoms with van der Waals surface area (Å²) in [5.74, 6) is -2.17. The average molecular weight is 491 g/mol. The number of carbonyl (C=O) groups is 2. The normalized spacial score (nSPS) is 11.6. The predicted octanol–water partition coefficient (Wildman–Crippen LogP) is 4.00. The molecule has 4 rings (SSSR count). The van der Waals surface area contributed by atoms with Gasteiger partial charge in [0.25, 0.3) is 5.91 Å². The van der Waals surface area contributed by atoms with Gasteiger partial charge in [-0.3, -0.25) is 14.6 Å². The Morgan fingerprint density at radius 3 is 2.29 bits per heavy atom. The van der Waals surface area contributed by atoms with Crippen molar-refractivity contribution in [2.75, 3.05) is 10.6 Å². The molecule has 0 aliphatic heterocycles. The molecule has 178 valence electrons. The van der Waals surface area contributed by atoms with E-state index < -0.39 is 23.7 Å². The molecule has 10 heteroatoms. The monoisotopic (exact) mass is 490 g/mol. The van der Waals surface area contributed by atoms with Gasteiger partial charge in [-0.1, -0.05) is 24.3 Å². The third-order valence-corrected chi connectivity index (χ3v) is 6.13. The van der Waals surface area contributed by atoms with Gasteiger partial charge in [-0.15, -0.1) is 0 Å². The Hall–Kier alpha value is -4.31. The topological polar surface area (TPSA) is 136 Å². The van der Waals surface area contributed by atoms with E-state index in [9.17, 15) is 14.0 Å². The maximum absolute atomic E-state index is 14.9. The number of halogens is 1. The summed E-state index contributed by atoms with van der Waals surface area (Å²) in [5, 5.41) is 6.58. The maximum atomic E-state index is 14.9. The van der Waals surface area contributed by atoms with Crippen LogP contribution in [0.5, 0.6) is 0 Å². The number of rotatable bonds is 9. The molecule has 0 radical (unpaired) electrons. The fourth-order valence-electron chi connectivity index (χ4n) is 3.57. The van der Waals surface area contributed by atoms with Crippen LogP contribution in [-0.4, -0.2) is 27.2 Å². The number of aromatic nitrogens is 2. The van der Waals surface area contributed by atoms with Gasteiger partial charge in [0.2, 0.25) is 5.91 Å². The molecule has 0 saturated heterocycles. The SMILES string of the molecule is Cc1cc(Nc2cc(NC(Cc3ccc(-c4ccncc4)cc3)C(N)=O)c(F)cc2C(N)=O)sn1. The van der Waals surface area contributed by atoms with Crippen LogP contribution in [0.15, 0.2) is 67.0 Å². The molecule has 1 atom stereocenters. The summed E-state index contributed by atoms with van der Waals surface area (Å²) >= 11 is 1.19. The summed E-state index contributed by atoms with van der Waals surface area (Å²) in [7, 11) is 0. The minimum absolute atomic E-state index is 0.0101. The molecular formula is C25H23FN6O2S. The van der Waals surface area contributed by atoms with Crippen LogP contribution < -0.4 is 22.1 Å². The zero-order valence-corrected chi connectivity index (χ0v) is 19.6.